The van der Waals surface area contributed by atoms with E-state index in [9.17, 15) is 10.1 Å². The lowest BCUT2D eigenvalue weighted by Crippen LogP contribution is -2.46. The standard InChI is InChI=1S/C15H20N6O4/c1-9-7-20(8-10(2)25-9)15-18-13(16)12(21(22)23)14(19-15)17-6-11-4-3-5-24-11/h3-5,9-10H,6-8H2,1-2H3,(H3,16,17,18,19)/t9-,10-/m0/s1. The van der Waals surface area contributed by atoms with Gasteiger partial charge in [0.15, 0.2) is 0 Å². The van der Waals surface area contributed by atoms with Gasteiger partial charge < -0.3 is 25.1 Å². The molecule has 3 rings (SSSR count). The maximum Gasteiger partial charge on any atom is 0.353 e. The van der Waals surface area contributed by atoms with Crippen LogP contribution in [-0.4, -0.2) is 40.2 Å². The van der Waals surface area contributed by atoms with Crippen molar-refractivity contribution in [3.63, 3.8) is 0 Å². The van der Waals surface area contributed by atoms with E-state index in [4.69, 9.17) is 14.9 Å². The fourth-order valence-electron chi connectivity index (χ4n) is 2.83. The van der Waals surface area contributed by atoms with Crippen LogP contribution in [-0.2, 0) is 11.3 Å². The van der Waals surface area contributed by atoms with E-state index in [1.807, 2.05) is 18.7 Å². The SMILES string of the molecule is C[C@H]1CN(c2nc(N)c([N+](=O)[O-])c(NCc3ccco3)n2)C[C@H](C)O1. The van der Waals surface area contributed by atoms with Gasteiger partial charge in [0.05, 0.1) is 29.9 Å². The van der Waals surface area contributed by atoms with Crippen molar-refractivity contribution >= 4 is 23.3 Å². The van der Waals surface area contributed by atoms with Crippen molar-refractivity contribution in [2.75, 3.05) is 29.0 Å². The molecule has 1 fully saturated rings. The van der Waals surface area contributed by atoms with Crippen molar-refractivity contribution in [3.8, 4) is 0 Å². The summed E-state index contributed by atoms with van der Waals surface area (Å²) in [6.45, 7) is 5.32. The fraction of sp³-hybridized carbons (Fsp3) is 0.467. The number of ether oxygens (including phenoxy) is 1. The molecule has 134 valence electrons. The largest absolute Gasteiger partial charge is 0.467 e. The number of anilines is 3. The lowest BCUT2D eigenvalue weighted by atomic mass is 10.2. The predicted molar refractivity (Wildman–Crippen MR) is 91.4 cm³/mol. The van der Waals surface area contributed by atoms with Crippen LogP contribution >= 0.6 is 0 Å². The highest BCUT2D eigenvalue weighted by Gasteiger charge is 2.28. The Morgan fingerprint density at radius 1 is 1.40 bits per heavy atom. The van der Waals surface area contributed by atoms with Crippen molar-refractivity contribution in [3.05, 3.63) is 34.3 Å². The van der Waals surface area contributed by atoms with E-state index in [1.54, 1.807) is 12.1 Å². The van der Waals surface area contributed by atoms with Crippen molar-refractivity contribution < 1.29 is 14.1 Å². The molecule has 10 nitrogen and oxygen atoms in total. The molecule has 10 heteroatoms. The number of furan rings is 1. The van der Waals surface area contributed by atoms with Gasteiger partial charge in [-0.25, -0.2) is 0 Å². The first-order valence-electron chi connectivity index (χ1n) is 7.92. The van der Waals surface area contributed by atoms with Crippen LogP contribution in [0.3, 0.4) is 0 Å². The van der Waals surface area contributed by atoms with Gasteiger partial charge in [0, 0.05) is 13.1 Å². The summed E-state index contributed by atoms with van der Waals surface area (Å²) in [6.07, 6.45) is 1.54. The van der Waals surface area contributed by atoms with Gasteiger partial charge in [-0.3, -0.25) is 10.1 Å². The van der Waals surface area contributed by atoms with Gasteiger partial charge in [0.2, 0.25) is 17.6 Å². The highest BCUT2D eigenvalue weighted by atomic mass is 16.6. The molecule has 3 heterocycles. The number of hydrogen-bond donors (Lipinski definition) is 2. The minimum Gasteiger partial charge on any atom is -0.467 e. The second-order valence-electron chi connectivity index (χ2n) is 5.96. The average molecular weight is 348 g/mol. The van der Waals surface area contributed by atoms with E-state index in [-0.39, 0.29) is 36.1 Å². The van der Waals surface area contributed by atoms with E-state index in [0.717, 1.165) is 0 Å². The number of morpholine rings is 1. The molecule has 0 spiro atoms. The van der Waals surface area contributed by atoms with Crippen LogP contribution in [0.4, 0.5) is 23.3 Å². The molecular weight excluding hydrogens is 328 g/mol. The first-order chi connectivity index (χ1) is 11.9. The molecule has 1 aliphatic heterocycles. The molecule has 2 atom stereocenters. The molecule has 2 aromatic rings. The van der Waals surface area contributed by atoms with Gasteiger partial charge in [-0.1, -0.05) is 0 Å². The van der Waals surface area contributed by atoms with E-state index >= 15 is 0 Å². The minimum atomic E-state index is -0.589. The zero-order valence-electron chi connectivity index (χ0n) is 14.0. The molecule has 1 saturated heterocycles. The quantitative estimate of drug-likeness (QED) is 0.612. The molecule has 0 amide bonds. The molecule has 0 bridgehead atoms. The van der Waals surface area contributed by atoms with Crippen molar-refractivity contribution in [2.24, 2.45) is 0 Å². The Bertz CT molecular complexity index is 741. The predicted octanol–water partition coefficient (Wildman–Crippen LogP) is 1.79. The number of nitrogen functional groups attached to an aromatic ring is 1. The third-order valence-electron chi connectivity index (χ3n) is 3.79. The minimum absolute atomic E-state index is 0.00305. The molecule has 3 N–H and O–H groups in total. The smallest absolute Gasteiger partial charge is 0.353 e. The van der Waals surface area contributed by atoms with Crippen molar-refractivity contribution in [2.45, 2.75) is 32.6 Å². The fourth-order valence-corrected chi connectivity index (χ4v) is 2.83. The zero-order chi connectivity index (χ0) is 18.0. The van der Waals surface area contributed by atoms with E-state index in [1.165, 1.54) is 6.26 Å². The second kappa shape index (κ2) is 6.93. The highest BCUT2D eigenvalue weighted by molar-refractivity contribution is 5.70. The summed E-state index contributed by atoms with van der Waals surface area (Å²) in [5.74, 6) is 0.855. The maximum absolute atomic E-state index is 11.3. The second-order valence-corrected chi connectivity index (χ2v) is 5.96. The number of hydrogen-bond acceptors (Lipinski definition) is 9. The van der Waals surface area contributed by atoms with Crippen molar-refractivity contribution in [1.82, 2.24) is 9.97 Å². The van der Waals surface area contributed by atoms with E-state index in [2.05, 4.69) is 15.3 Å². The molecule has 0 unspecified atom stereocenters. The summed E-state index contributed by atoms with van der Waals surface area (Å²) in [4.78, 5) is 21.1. The normalized spacial score (nSPS) is 20.5. The number of nitro groups is 1. The summed E-state index contributed by atoms with van der Waals surface area (Å²) >= 11 is 0. The summed E-state index contributed by atoms with van der Waals surface area (Å²) in [7, 11) is 0. The molecule has 2 aromatic heterocycles. The Kier molecular flexibility index (Phi) is 4.70. The summed E-state index contributed by atoms with van der Waals surface area (Å²) in [5, 5.41) is 14.3. The Morgan fingerprint density at radius 3 is 2.72 bits per heavy atom. The molecule has 1 aliphatic rings. The van der Waals surface area contributed by atoms with E-state index in [0.29, 0.717) is 24.8 Å². The van der Waals surface area contributed by atoms with Gasteiger partial charge in [0.1, 0.15) is 5.76 Å². The summed E-state index contributed by atoms with van der Waals surface area (Å²) in [5.41, 5.74) is 5.49. The van der Waals surface area contributed by atoms with Gasteiger partial charge in [-0.2, -0.15) is 9.97 Å². The van der Waals surface area contributed by atoms with Gasteiger partial charge in [0.25, 0.3) is 0 Å². The zero-order valence-corrected chi connectivity index (χ0v) is 14.0. The number of aromatic nitrogens is 2. The molecule has 0 radical (unpaired) electrons. The number of nitrogens with two attached hydrogens (primary N) is 1. The van der Waals surface area contributed by atoms with Gasteiger partial charge >= 0.3 is 5.69 Å². The maximum atomic E-state index is 11.3. The van der Waals surface area contributed by atoms with Crippen LogP contribution in [0.25, 0.3) is 0 Å². The number of nitrogens with zero attached hydrogens (tertiary/aromatic N) is 4. The Hall–Kier alpha value is -2.88. The molecular formula is C15H20N6O4. The van der Waals surface area contributed by atoms with Crippen LogP contribution in [0.5, 0.6) is 0 Å². The van der Waals surface area contributed by atoms with Crippen LogP contribution in [0.1, 0.15) is 19.6 Å². The molecule has 0 aliphatic carbocycles. The first kappa shape index (κ1) is 17.0. The lowest BCUT2D eigenvalue weighted by Gasteiger charge is -2.35. The topological polar surface area (TPSA) is 133 Å². The average Bonchev–Trinajstić information content (AvgIpc) is 3.04. The number of rotatable bonds is 5. The molecule has 25 heavy (non-hydrogen) atoms. The van der Waals surface area contributed by atoms with Crippen LogP contribution < -0.4 is 16.0 Å². The van der Waals surface area contributed by atoms with Crippen LogP contribution in [0.2, 0.25) is 0 Å². The lowest BCUT2D eigenvalue weighted by molar-refractivity contribution is -0.383. The number of nitrogens with one attached hydrogen (secondary N) is 1. The van der Waals surface area contributed by atoms with Crippen LogP contribution in [0, 0.1) is 10.1 Å². The summed E-state index contributed by atoms with van der Waals surface area (Å²) < 4.78 is 10.9. The summed E-state index contributed by atoms with van der Waals surface area (Å²) in [6, 6.07) is 3.50. The Labute approximate surface area is 144 Å². The third-order valence-corrected chi connectivity index (χ3v) is 3.79. The van der Waals surface area contributed by atoms with Crippen molar-refractivity contribution in [1.29, 1.82) is 0 Å². The molecule has 0 saturated carbocycles. The van der Waals surface area contributed by atoms with Gasteiger partial charge in [-0.05, 0) is 26.0 Å². The third kappa shape index (κ3) is 3.79. The van der Waals surface area contributed by atoms with E-state index < -0.39 is 4.92 Å². The molecule has 0 aromatic carbocycles. The Morgan fingerprint density at radius 2 is 2.12 bits per heavy atom. The van der Waals surface area contributed by atoms with Gasteiger partial charge in [-0.15, -0.1) is 0 Å². The first-order valence-corrected chi connectivity index (χ1v) is 7.92. The van der Waals surface area contributed by atoms with Crippen LogP contribution in [0.15, 0.2) is 22.8 Å². The Balaban J connectivity index is 1.90. The highest BCUT2D eigenvalue weighted by Crippen LogP contribution is 2.31. The monoisotopic (exact) mass is 348 g/mol.